The van der Waals surface area contributed by atoms with Crippen LogP contribution in [0.5, 0.6) is 0 Å². The molecule has 3 nitrogen and oxygen atoms in total. The molecule has 1 fully saturated rings. The van der Waals surface area contributed by atoms with Crippen LogP contribution in [0.3, 0.4) is 0 Å². The van der Waals surface area contributed by atoms with Gasteiger partial charge in [-0.1, -0.05) is 20.3 Å². The molecule has 4 atom stereocenters. The third kappa shape index (κ3) is 3.70. The molecule has 1 amide bonds. The summed E-state index contributed by atoms with van der Waals surface area (Å²) in [5.74, 6) is 1.02. The van der Waals surface area contributed by atoms with E-state index in [1.807, 2.05) is 11.9 Å². The quantitative estimate of drug-likeness (QED) is 0.820. The Balaban J connectivity index is 2.52. The summed E-state index contributed by atoms with van der Waals surface area (Å²) in [5, 5.41) is 0. The van der Waals surface area contributed by atoms with Gasteiger partial charge in [0.25, 0.3) is 0 Å². The van der Waals surface area contributed by atoms with E-state index >= 15 is 0 Å². The highest BCUT2D eigenvalue weighted by molar-refractivity contribution is 5.79. The van der Waals surface area contributed by atoms with Crippen molar-refractivity contribution in [3.63, 3.8) is 0 Å². The summed E-state index contributed by atoms with van der Waals surface area (Å²) in [4.78, 5) is 14.3. The van der Waals surface area contributed by atoms with Gasteiger partial charge in [-0.25, -0.2) is 0 Å². The average molecular weight is 240 g/mol. The Morgan fingerprint density at radius 1 is 1.47 bits per heavy atom. The molecule has 100 valence electrons. The second-order valence-electron chi connectivity index (χ2n) is 5.74. The molecule has 0 aromatic rings. The summed E-state index contributed by atoms with van der Waals surface area (Å²) < 4.78 is 0. The van der Waals surface area contributed by atoms with E-state index in [9.17, 15) is 4.79 Å². The van der Waals surface area contributed by atoms with Gasteiger partial charge in [0.2, 0.25) is 5.91 Å². The van der Waals surface area contributed by atoms with Gasteiger partial charge < -0.3 is 10.6 Å². The van der Waals surface area contributed by atoms with Crippen LogP contribution in [-0.2, 0) is 4.79 Å². The van der Waals surface area contributed by atoms with Crippen LogP contribution >= 0.6 is 0 Å². The fourth-order valence-electron chi connectivity index (χ4n) is 2.70. The minimum atomic E-state index is 0.158. The molecule has 0 heterocycles. The van der Waals surface area contributed by atoms with Gasteiger partial charge in [-0.2, -0.15) is 0 Å². The lowest BCUT2D eigenvalue weighted by Gasteiger charge is -2.35. The first kappa shape index (κ1) is 14.5. The Hall–Kier alpha value is -0.570. The Bertz CT molecular complexity index is 255. The third-order valence-corrected chi connectivity index (χ3v) is 4.32. The summed E-state index contributed by atoms with van der Waals surface area (Å²) in [6, 6.07) is 0.552. The minimum Gasteiger partial charge on any atom is -0.343 e. The van der Waals surface area contributed by atoms with Gasteiger partial charge in [-0.3, -0.25) is 4.79 Å². The van der Waals surface area contributed by atoms with E-state index in [0.717, 1.165) is 32.1 Å². The topological polar surface area (TPSA) is 46.3 Å². The SMILES string of the molecule is CCCC(C)N(C)C(=O)C1CCC(C)C(N)C1. The normalized spacial score (nSPS) is 31.0. The zero-order valence-corrected chi connectivity index (χ0v) is 11.8. The van der Waals surface area contributed by atoms with Crippen LogP contribution in [0.2, 0.25) is 0 Å². The Labute approximate surface area is 106 Å². The lowest BCUT2D eigenvalue weighted by atomic mass is 9.79. The van der Waals surface area contributed by atoms with Crippen molar-refractivity contribution in [2.45, 2.75) is 65.0 Å². The van der Waals surface area contributed by atoms with E-state index in [0.29, 0.717) is 17.9 Å². The first-order valence-electron chi connectivity index (χ1n) is 6.99. The van der Waals surface area contributed by atoms with Gasteiger partial charge in [0.1, 0.15) is 0 Å². The Morgan fingerprint density at radius 3 is 2.65 bits per heavy atom. The highest BCUT2D eigenvalue weighted by Gasteiger charge is 2.32. The summed E-state index contributed by atoms with van der Waals surface area (Å²) in [7, 11) is 1.94. The fourth-order valence-corrected chi connectivity index (χ4v) is 2.70. The molecular formula is C14H28N2O. The predicted octanol–water partition coefficient (Wildman–Crippen LogP) is 2.40. The van der Waals surface area contributed by atoms with Crippen LogP contribution in [0.4, 0.5) is 0 Å². The smallest absolute Gasteiger partial charge is 0.225 e. The maximum absolute atomic E-state index is 12.3. The molecule has 0 bridgehead atoms. The zero-order chi connectivity index (χ0) is 13.0. The van der Waals surface area contributed by atoms with Crippen LogP contribution in [0.1, 0.15) is 52.9 Å². The molecule has 0 spiro atoms. The van der Waals surface area contributed by atoms with E-state index in [1.165, 1.54) is 0 Å². The van der Waals surface area contributed by atoms with Gasteiger partial charge in [-0.05, 0) is 38.5 Å². The number of carbonyl (C=O) groups excluding carboxylic acids is 1. The van der Waals surface area contributed by atoms with E-state index in [2.05, 4.69) is 20.8 Å². The van der Waals surface area contributed by atoms with Gasteiger partial charge >= 0.3 is 0 Å². The molecule has 4 unspecified atom stereocenters. The zero-order valence-electron chi connectivity index (χ0n) is 11.8. The number of hydrogen-bond acceptors (Lipinski definition) is 2. The number of rotatable bonds is 4. The van der Waals surface area contributed by atoms with Gasteiger partial charge in [-0.15, -0.1) is 0 Å². The number of nitrogens with zero attached hydrogens (tertiary/aromatic N) is 1. The molecule has 1 aliphatic carbocycles. The summed E-state index contributed by atoms with van der Waals surface area (Å²) >= 11 is 0. The van der Waals surface area contributed by atoms with Crippen LogP contribution in [0.15, 0.2) is 0 Å². The number of amides is 1. The lowest BCUT2D eigenvalue weighted by molar-refractivity contribution is -0.137. The predicted molar refractivity (Wildman–Crippen MR) is 71.6 cm³/mol. The van der Waals surface area contributed by atoms with E-state index in [-0.39, 0.29) is 12.0 Å². The standard InChI is InChI=1S/C14H28N2O/c1-5-6-11(3)16(4)14(17)12-8-7-10(2)13(15)9-12/h10-13H,5-9,15H2,1-4H3. The van der Waals surface area contributed by atoms with Crippen molar-refractivity contribution < 1.29 is 4.79 Å². The molecule has 0 radical (unpaired) electrons. The molecule has 2 N–H and O–H groups in total. The van der Waals surface area contributed by atoms with Crippen LogP contribution in [0, 0.1) is 11.8 Å². The average Bonchev–Trinajstić information content (AvgIpc) is 2.31. The molecule has 17 heavy (non-hydrogen) atoms. The maximum atomic E-state index is 12.3. The van der Waals surface area contributed by atoms with Crippen LogP contribution in [0.25, 0.3) is 0 Å². The first-order chi connectivity index (χ1) is 7.97. The minimum absolute atomic E-state index is 0.158. The molecule has 0 saturated heterocycles. The van der Waals surface area contributed by atoms with Crippen molar-refractivity contribution in [1.82, 2.24) is 4.90 Å². The molecule has 1 saturated carbocycles. The van der Waals surface area contributed by atoms with E-state index in [4.69, 9.17) is 5.73 Å². The van der Waals surface area contributed by atoms with Crippen molar-refractivity contribution in [2.75, 3.05) is 7.05 Å². The van der Waals surface area contributed by atoms with Gasteiger partial charge in [0.15, 0.2) is 0 Å². The lowest BCUT2D eigenvalue weighted by Crippen LogP contribution is -2.44. The highest BCUT2D eigenvalue weighted by atomic mass is 16.2. The maximum Gasteiger partial charge on any atom is 0.225 e. The van der Waals surface area contributed by atoms with Crippen molar-refractivity contribution >= 4 is 5.91 Å². The van der Waals surface area contributed by atoms with E-state index < -0.39 is 0 Å². The number of carbonyl (C=O) groups is 1. The number of hydrogen-bond donors (Lipinski definition) is 1. The Kier molecular flexibility index (Phi) is 5.44. The van der Waals surface area contributed by atoms with Crippen LogP contribution < -0.4 is 5.73 Å². The number of nitrogens with two attached hydrogens (primary N) is 1. The monoisotopic (exact) mass is 240 g/mol. The van der Waals surface area contributed by atoms with Crippen molar-refractivity contribution in [2.24, 2.45) is 17.6 Å². The van der Waals surface area contributed by atoms with Crippen LogP contribution in [-0.4, -0.2) is 29.9 Å². The van der Waals surface area contributed by atoms with Crippen molar-refractivity contribution in [3.05, 3.63) is 0 Å². The van der Waals surface area contributed by atoms with E-state index in [1.54, 1.807) is 0 Å². The molecule has 0 aromatic carbocycles. The molecule has 0 aromatic heterocycles. The molecule has 1 rings (SSSR count). The largest absolute Gasteiger partial charge is 0.343 e. The molecule has 1 aliphatic rings. The summed E-state index contributed by atoms with van der Waals surface area (Å²) in [6.07, 6.45) is 5.17. The fraction of sp³-hybridized carbons (Fsp3) is 0.929. The summed E-state index contributed by atoms with van der Waals surface area (Å²) in [5.41, 5.74) is 6.07. The molecular weight excluding hydrogens is 212 g/mol. The summed E-state index contributed by atoms with van der Waals surface area (Å²) in [6.45, 7) is 6.48. The third-order valence-electron chi connectivity index (χ3n) is 4.32. The first-order valence-corrected chi connectivity index (χ1v) is 6.99. The second-order valence-corrected chi connectivity index (χ2v) is 5.74. The second kappa shape index (κ2) is 6.39. The van der Waals surface area contributed by atoms with Crippen molar-refractivity contribution in [3.8, 4) is 0 Å². The Morgan fingerprint density at radius 2 is 2.12 bits per heavy atom. The van der Waals surface area contributed by atoms with Crippen molar-refractivity contribution in [1.29, 1.82) is 0 Å². The molecule has 3 heteroatoms. The van der Waals surface area contributed by atoms with Gasteiger partial charge in [0, 0.05) is 25.0 Å². The van der Waals surface area contributed by atoms with Gasteiger partial charge in [0.05, 0.1) is 0 Å². The highest BCUT2D eigenvalue weighted by Crippen LogP contribution is 2.29. The molecule has 0 aliphatic heterocycles.